The van der Waals surface area contributed by atoms with Crippen LogP contribution >= 0.6 is 0 Å². The van der Waals surface area contributed by atoms with E-state index in [1.165, 1.54) is 0 Å². The molecule has 0 saturated carbocycles. The third kappa shape index (κ3) is 6.71. The van der Waals surface area contributed by atoms with Gasteiger partial charge in [-0.15, -0.1) is 6.58 Å². The minimum atomic E-state index is -0.625. The number of carbonyl (C=O) groups excluding carboxylic acids is 3. The molecule has 2 N–H and O–H groups in total. The third-order valence-corrected chi connectivity index (χ3v) is 6.57. The monoisotopic (exact) mass is 511 g/mol. The second kappa shape index (κ2) is 11.8. The van der Waals surface area contributed by atoms with E-state index in [0.29, 0.717) is 37.4 Å². The van der Waals surface area contributed by atoms with Gasteiger partial charge in [-0.1, -0.05) is 30.3 Å². The molecule has 0 radical (unpaired) electrons. The first-order valence-corrected chi connectivity index (χ1v) is 12.9. The van der Waals surface area contributed by atoms with Crippen molar-refractivity contribution in [3.8, 4) is 0 Å². The predicted molar refractivity (Wildman–Crippen MR) is 144 cm³/mol. The molecule has 9 heteroatoms. The maximum Gasteiger partial charge on any atom is 0.338 e. The average molecular weight is 512 g/mol. The van der Waals surface area contributed by atoms with Gasteiger partial charge in [-0.25, -0.2) is 14.4 Å². The van der Waals surface area contributed by atoms with Gasteiger partial charge in [-0.3, -0.25) is 9.80 Å². The number of hydrogen-bond acceptors (Lipinski definition) is 5. The highest BCUT2D eigenvalue weighted by molar-refractivity contribution is 5.95. The number of ether oxygens (including phenoxy) is 1. The molecule has 202 valence electrons. The average Bonchev–Trinajstić information content (AvgIpc) is 2.80. The molecule has 37 heavy (non-hydrogen) atoms. The first-order valence-electron chi connectivity index (χ1n) is 12.9. The molecule has 4 amide bonds. The van der Waals surface area contributed by atoms with Gasteiger partial charge in [0, 0.05) is 50.0 Å². The van der Waals surface area contributed by atoms with E-state index in [-0.39, 0.29) is 36.8 Å². The van der Waals surface area contributed by atoms with E-state index in [4.69, 9.17) is 4.74 Å². The number of esters is 1. The molecule has 1 aromatic carbocycles. The molecule has 0 bridgehead atoms. The first-order chi connectivity index (χ1) is 17.5. The van der Waals surface area contributed by atoms with Gasteiger partial charge in [0.2, 0.25) is 0 Å². The second-order valence-electron chi connectivity index (χ2n) is 10.7. The number of urea groups is 2. The van der Waals surface area contributed by atoms with E-state index in [1.807, 2.05) is 63.8 Å². The summed E-state index contributed by atoms with van der Waals surface area (Å²) in [7, 11) is 0. The highest BCUT2D eigenvalue weighted by Crippen LogP contribution is 2.33. The number of aryl methyl sites for hydroxylation is 1. The second-order valence-corrected chi connectivity index (χ2v) is 10.7. The van der Waals surface area contributed by atoms with Crippen molar-refractivity contribution in [3.63, 3.8) is 0 Å². The van der Waals surface area contributed by atoms with Crippen LogP contribution in [0.15, 0.2) is 48.2 Å². The minimum absolute atomic E-state index is 0.0415. The van der Waals surface area contributed by atoms with Crippen LogP contribution in [0.5, 0.6) is 0 Å². The predicted octanol–water partition coefficient (Wildman–Crippen LogP) is 3.58. The topological polar surface area (TPSA) is 94.2 Å². The number of benzene rings is 1. The highest BCUT2D eigenvalue weighted by Gasteiger charge is 2.40. The summed E-state index contributed by atoms with van der Waals surface area (Å²) in [5, 5.41) is 6.05. The van der Waals surface area contributed by atoms with Crippen LogP contribution < -0.4 is 10.6 Å². The number of rotatable bonds is 7. The smallest absolute Gasteiger partial charge is 0.338 e. The fraction of sp³-hybridized carbons (Fsp3) is 0.536. The Bertz CT molecular complexity index is 1060. The fourth-order valence-corrected chi connectivity index (χ4v) is 4.87. The van der Waals surface area contributed by atoms with Crippen LogP contribution in [-0.2, 0) is 9.53 Å². The lowest BCUT2D eigenvalue weighted by Crippen LogP contribution is -2.59. The summed E-state index contributed by atoms with van der Waals surface area (Å²) in [6, 6.07) is 6.68. The minimum Gasteiger partial charge on any atom is -0.463 e. The largest absolute Gasteiger partial charge is 0.463 e. The molecule has 0 aromatic heterocycles. The Labute approximate surface area is 220 Å². The lowest BCUT2D eigenvalue weighted by Gasteiger charge is -2.43. The molecule has 9 nitrogen and oxygen atoms in total. The standard InChI is InChI=1S/C28H41N5O4/c1-8-14-33-22(18-31-15-16-32(20(4)17-31)27(36)30-28(5,6)7)23(25(34)37-9-2)24(29-26(33)35)21-13-11-10-12-19(21)3/h8,10-13,20,24H,1,9,14-18H2,2-7H3,(H,29,35)(H,30,36)/t20-,24-/m1/s1. The van der Waals surface area contributed by atoms with Crippen LogP contribution in [0, 0.1) is 6.92 Å². The molecule has 2 atom stereocenters. The summed E-state index contributed by atoms with van der Waals surface area (Å²) in [5.74, 6) is -0.448. The number of nitrogens with zero attached hydrogens (tertiary/aromatic N) is 3. The molecule has 0 aliphatic carbocycles. The van der Waals surface area contributed by atoms with Crippen molar-refractivity contribution in [2.75, 3.05) is 39.3 Å². The number of amides is 4. The zero-order valence-electron chi connectivity index (χ0n) is 23.0. The molecular weight excluding hydrogens is 470 g/mol. The van der Waals surface area contributed by atoms with Crippen molar-refractivity contribution in [1.82, 2.24) is 25.3 Å². The zero-order valence-corrected chi connectivity index (χ0v) is 23.0. The molecular formula is C28H41N5O4. The van der Waals surface area contributed by atoms with Crippen LogP contribution in [0.2, 0.25) is 0 Å². The van der Waals surface area contributed by atoms with Crippen molar-refractivity contribution in [3.05, 3.63) is 59.3 Å². The number of carbonyl (C=O) groups is 3. The Morgan fingerprint density at radius 3 is 2.54 bits per heavy atom. The van der Waals surface area contributed by atoms with Gasteiger partial charge >= 0.3 is 18.0 Å². The van der Waals surface area contributed by atoms with Crippen LogP contribution in [0.4, 0.5) is 9.59 Å². The van der Waals surface area contributed by atoms with Gasteiger partial charge in [-0.2, -0.15) is 0 Å². The normalized spacial score (nSPS) is 21.0. The Kier molecular flexibility index (Phi) is 9.02. The van der Waals surface area contributed by atoms with Gasteiger partial charge < -0.3 is 20.3 Å². The number of nitrogens with one attached hydrogen (secondary N) is 2. The summed E-state index contributed by atoms with van der Waals surface area (Å²) >= 11 is 0. The molecule has 1 saturated heterocycles. The summed E-state index contributed by atoms with van der Waals surface area (Å²) < 4.78 is 5.49. The van der Waals surface area contributed by atoms with E-state index in [0.717, 1.165) is 11.1 Å². The van der Waals surface area contributed by atoms with E-state index in [1.54, 1.807) is 17.9 Å². The zero-order chi connectivity index (χ0) is 27.3. The summed E-state index contributed by atoms with van der Waals surface area (Å²) in [4.78, 5) is 45.1. The quantitative estimate of drug-likeness (QED) is 0.431. The SMILES string of the molecule is C=CCN1C(=O)N[C@H](c2ccccc2C)C(C(=O)OCC)=C1CN1CCN(C(=O)NC(C)(C)C)[C@H](C)C1. The summed E-state index contributed by atoms with van der Waals surface area (Å²) in [5.41, 5.74) is 2.54. The Morgan fingerprint density at radius 2 is 1.95 bits per heavy atom. The van der Waals surface area contributed by atoms with Gasteiger partial charge in [0.25, 0.3) is 0 Å². The van der Waals surface area contributed by atoms with Crippen molar-refractivity contribution in [1.29, 1.82) is 0 Å². The molecule has 2 heterocycles. The maximum atomic E-state index is 13.4. The van der Waals surface area contributed by atoms with Crippen molar-refractivity contribution >= 4 is 18.0 Å². The van der Waals surface area contributed by atoms with E-state index >= 15 is 0 Å². The maximum absolute atomic E-state index is 13.4. The van der Waals surface area contributed by atoms with Crippen molar-refractivity contribution in [2.24, 2.45) is 0 Å². The molecule has 2 aliphatic rings. The molecule has 2 aliphatic heterocycles. The number of piperazine rings is 1. The summed E-state index contributed by atoms with van der Waals surface area (Å²) in [6.45, 7) is 18.1. The Balaban J connectivity index is 1.97. The van der Waals surface area contributed by atoms with Crippen molar-refractivity contribution in [2.45, 2.75) is 59.2 Å². The van der Waals surface area contributed by atoms with Gasteiger partial charge in [-0.05, 0) is 52.7 Å². The number of hydrogen-bond donors (Lipinski definition) is 2. The van der Waals surface area contributed by atoms with E-state index < -0.39 is 12.0 Å². The molecule has 1 fully saturated rings. The molecule has 0 spiro atoms. The molecule has 0 unspecified atom stereocenters. The fourth-order valence-electron chi connectivity index (χ4n) is 4.87. The van der Waals surface area contributed by atoms with Gasteiger partial charge in [0.15, 0.2) is 0 Å². The third-order valence-electron chi connectivity index (χ3n) is 6.57. The van der Waals surface area contributed by atoms with Crippen LogP contribution in [0.25, 0.3) is 0 Å². The van der Waals surface area contributed by atoms with E-state index in [2.05, 4.69) is 22.1 Å². The first kappa shape index (κ1) is 28.2. The molecule has 3 rings (SSSR count). The van der Waals surface area contributed by atoms with Crippen LogP contribution in [0.3, 0.4) is 0 Å². The highest BCUT2D eigenvalue weighted by atomic mass is 16.5. The van der Waals surface area contributed by atoms with E-state index in [9.17, 15) is 14.4 Å². The van der Waals surface area contributed by atoms with Crippen LogP contribution in [0.1, 0.15) is 51.8 Å². The lowest BCUT2D eigenvalue weighted by atomic mass is 9.91. The van der Waals surface area contributed by atoms with Crippen molar-refractivity contribution < 1.29 is 19.1 Å². The molecule has 1 aromatic rings. The van der Waals surface area contributed by atoms with Crippen LogP contribution in [-0.4, -0.2) is 83.6 Å². The lowest BCUT2D eigenvalue weighted by molar-refractivity contribution is -0.139. The van der Waals surface area contributed by atoms with Gasteiger partial charge in [0.1, 0.15) is 0 Å². The summed E-state index contributed by atoms with van der Waals surface area (Å²) in [6.07, 6.45) is 1.65. The van der Waals surface area contributed by atoms with Gasteiger partial charge in [0.05, 0.1) is 18.2 Å². The Morgan fingerprint density at radius 1 is 1.24 bits per heavy atom. The Hall–Kier alpha value is -3.33.